The summed E-state index contributed by atoms with van der Waals surface area (Å²) < 4.78 is 0. The molecule has 0 radical (unpaired) electrons. The van der Waals surface area contributed by atoms with Crippen LogP contribution in [-0.4, -0.2) is 8.07 Å². The zero-order valence-corrected chi connectivity index (χ0v) is 26.3. The van der Waals surface area contributed by atoms with Gasteiger partial charge in [0.25, 0.3) is 0 Å². The maximum Gasteiger partial charge on any atom is 0.149 e. The summed E-state index contributed by atoms with van der Waals surface area (Å²) in [5, 5.41) is 4.39. The molecule has 0 saturated heterocycles. The van der Waals surface area contributed by atoms with Crippen LogP contribution in [-0.2, 0) is 0 Å². The molecule has 0 N–H and O–H groups in total. The van der Waals surface area contributed by atoms with Gasteiger partial charge in [-0.2, -0.15) is 0 Å². The lowest BCUT2D eigenvalue weighted by molar-refractivity contribution is 1.29. The van der Waals surface area contributed by atoms with Crippen molar-refractivity contribution in [3.8, 4) is 33.4 Å². The number of nitrogens with zero attached hydrogens (tertiary/aromatic N) is 1. The minimum Gasteiger partial charge on any atom is -0.311 e. The predicted octanol–water partition coefficient (Wildman–Crippen LogP) is 9.57. The summed E-state index contributed by atoms with van der Waals surface area (Å²) in [5.74, 6) is 0. The Morgan fingerprint density at radius 2 is 0.822 bits per heavy atom. The van der Waals surface area contributed by atoms with E-state index < -0.39 is 8.07 Å². The molecular weight excluding hydrogens is 559 g/mol. The maximum atomic E-state index is 2.53. The van der Waals surface area contributed by atoms with E-state index in [-0.39, 0.29) is 0 Å². The lowest BCUT2D eigenvalue weighted by atomic mass is 10.0. The number of hydrogen-bond acceptors (Lipinski definition) is 1. The molecule has 0 aliphatic carbocycles. The Bertz CT molecular complexity index is 2000. The van der Waals surface area contributed by atoms with E-state index in [2.05, 4.69) is 193 Å². The van der Waals surface area contributed by atoms with Gasteiger partial charge in [-0.15, -0.1) is 0 Å². The van der Waals surface area contributed by atoms with Gasteiger partial charge in [-0.05, 0) is 79.3 Å². The normalized spacial score (nSPS) is 14.9. The fourth-order valence-electron chi connectivity index (χ4n) is 7.13. The molecule has 0 bridgehead atoms. The van der Waals surface area contributed by atoms with E-state index in [1.54, 1.807) is 0 Å². The van der Waals surface area contributed by atoms with Crippen LogP contribution in [0.25, 0.3) is 33.4 Å². The van der Waals surface area contributed by atoms with Crippen molar-refractivity contribution in [2.45, 2.75) is 6.55 Å². The largest absolute Gasteiger partial charge is 0.311 e. The first kappa shape index (κ1) is 27.1. The molecule has 7 aromatic carbocycles. The zero-order valence-electron chi connectivity index (χ0n) is 25.3. The molecule has 1 heterocycles. The van der Waals surface area contributed by atoms with Gasteiger partial charge in [0, 0.05) is 17.1 Å². The number of hydrogen-bond donors (Lipinski definition) is 0. The lowest BCUT2D eigenvalue weighted by Gasteiger charge is -2.33. The fourth-order valence-corrected chi connectivity index (χ4v) is 11.5. The number of benzene rings is 7. The third kappa shape index (κ3) is 4.62. The van der Waals surface area contributed by atoms with Crippen LogP contribution in [0.3, 0.4) is 0 Å². The lowest BCUT2D eigenvalue weighted by Crippen LogP contribution is -2.62. The first-order chi connectivity index (χ1) is 22.2. The minimum absolute atomic E-state index is 1.15. The Balaban J connectivity index is 1.34. The summed E-state index contributed by atoms with van der Waals surface area (Å²) in [7, 11) is -2.35. The van der Waals surface area contributed by atoms with Crippen LogP contribution in [0.15, 0.2) is 182 Å². The quantitative estimate of drug-likeness (QED) is 0.174. The molecule has 214 valence electrons. The standard InChI is InChI=1S/C43H33NSi/c1-45(38-18-9-4-10-19-38)42-23-12-11-20-39(42)40-21-13-22-41(43(40)45)44(36-28-24-34(25-29-36)32-14-5-2-6-15-32)37-30-26-35(27-31-37)33-16-7-3-8-17-33/h2-31H,1H3. The van der Waals surface area contributed by atoms with Crippen molar-refractivity contribution in [2.75, 3.05) is 4.90 Å². The highest BCUT2D eigenvalue weighted by Crippen LogP contribution is 2.40. The van der Waals surface area contributed by atoms with Gasteiger partial charge >= 0.3 is 0 Å². The van der Waals surface area contributed by atoms with Crippen molar-refractivity contribution >= 4 is 40.7 Å². The summed E-state index contributed by atoms with van der Waals surface area (Å²) in [6.45, 7) is 2.53. The summed E-state index contributed by atoms with van der Waals surface area (Å²) in [4.78, 5) is 2.47. The second kappa shape index (κ2) is 11.2. The molecule has 0 spiro atoms. The average Bonchev–Trinajstić information content (AvgIpc) is 3.40. The number of anilines is 3. The van der Waals surface area contributed by atoms with Crippen LogP contribution >= 0.6 is 0 Å². The van der Waals surface area contributed by atoms with Gasteiger partial charge < -0.3 is 4.90 Å². The van der Waals surface area contributed by atoms with E-state index in [4.69, 9.17) is 0 Å². The Labute approximate surface area is 266 Å². The second-order valence-corrected chi connectivity index (χ2v) is 15.8. The molecular formula is C43H33NSi. The second-order valence-electron chi connectivity index (χ2n) is 11.9. The van der Waals surface area contributed by atoms with Gasteiger partial charge in [0.05, 0.1) is 0 Å². The van der Waals surface area contributed by atoms with Gasteiger partial charge in [0.2, 0.25) is 0 Å². The highest BCUT2D eigenvalue weighted by atomic mass is 28.3. The van der Waals surface area contributed by atoms with E-state index in [1.165, 1.54) is 54.6 Å². The molecule has 1 aliphatic heterocycles. The molecule has 1 aliphatic rings. The van der Waals surface area contributed by atoms with Gasteiger partial charge in [0.1, 0.15) is 8.07 Å². The Morgan fingerprint density at radius 3 is 1.38 bits per heavy atom. The minimum atomic E-state index is -2.35. The SMILES string of the molecule is C[Si]1(c2ccccc2)c2ccccc2-c2cccc(N(c3ccc(-c4ccccc4)cc3)c3ccc(-c4ccccc4)cc3)c21. The van der Waals surface area contributed by atoms with Crippen molar-refractivity contribution in [1.29, 1.82) is 0 Å². The molecule has 8 rings (SSSR count). The van der Waals surface area contributed by atoms with Crippen LogP contribution < -0.4 is 20.5 Å². The van der Waals surface area contributed by atoms with Crippen molar-refractivity contribution in [3.63, 3.8) is 0 Å². The Hall–Kier alpha value is -5.44. The zero-order chi connectivity index (χ0) is 30.2. The predicted molar refractivity (Wildman–Crippen MR) is 194 cm³/mol. The molecule has 1 atom stereocenters. The first-order valence-corrected chi connectivity index (χ1v) is 18.1. The van der Waals surface area contributed by atoms with E-state index in [0.29, 0.717) is 0 Å². The van der Waals surface area contributed by atoms with Crippen molar-refractivity contribution < 1.29 is 0 Å². The third-order valence-corrected chi connectivity index (χ3v) is 13.9. The monoisotopic (exact) mass is 591 g/mol. The number of fused-ring (bicyclic) bond motifs is 3. The van der Waals surface area contributed by atoms with Gasteiger partial charge in [-0.25, -0.2) is 0 Å². The van der Waals surface area contributed by atoms with Crippen molar-refractivity contribution in [2.24, 2.45) is 0 Å². The van der Waals surface area contributed by atoms with Crippen LogP contribution in [0.4, 0.5) is 17.1 Å². The van der Waals surface area contributed by atoms with Crippen LogP contribution in [0, 0.1) is 0 Å². The average molecular weight is 592 g/mol. The van der Waals surface area contributed by atoms with E-state index in [0.717, 1.165) is 11.4 Å². The Kier molecular flexibility index (Phi) is 6.78. The highest BCUT2D eigenvalue weighted by molar-refractivity contribution is 7.14. The van der Waals surface area contributed by atoms with Gasteiger partial charge in [0.15, 0.2) is 0 Å². The summed E-state index contributed by atoms with van der Waals surface area (Å²) in [6.07, 6.45) is 0. The molecule has 0 saturated carbocycles. The fraction of sp³-hybridized carbons (Fsp3) is 0.0233. The molecule has 0 aromatic heterocycles. The van der Waals surface area contributed by atoms with Crippen LogP contribution in [0.5, 0.6) is 0 Å². The van der Waals surface area contributed by atoms with Crippen molar-refractivity contribution in [3.05, 3.63) is 182 Å². The summed E-state index contributed by atoms with van der Waals surface area (Å²) in [6, 6.07) is 66.5. The Morgan fingerprint density at radius 1 is 0.378 bits per heavy atom. The van der Waals surface area contributed by atoms with E-state index in [9.17, 15) is 0 Å². The molecule has 1 nitrogen and oxygen atoms in total. The molecule has 0 amide bonds. The molecule has 0 fully saturated rings. The molecule has 2 heteroatoms. The van der Waals surface area contributed by atoms with Crippen LogP contribution in [0.2, 0.25) is 6.55 Å². The molecule has 45 heavy (non-hydrogen) atoms. The van der Waals surface area contributed by atoms with Crippen LogP contribution in [0.1, 0.15) is 0 Å². The maximum absolute atomic E-state index is 2.53. The van der Waals surface area contributed by atoms with Gasteiger partial charge in [-0.3, -0.25) is 0 Å². The highest BCUT2D eigenvalue weighted by Gasteiger charge is 2.45. The molecule has 1 unspecified atom stereocenters. The smallest absolute Gasteiger partial charge is 0.149 e. The number of rotatable bonds is 6. The van der Waals surface area contributed by atoms with Crippen molar-refractivity contribution in [1.82, 2.24) is 0 Å². The van der Waals surface area contributed by atoms with E-state index in [1.807, 2.05) is 0 Å². The summed E-state index contributed by atoms with van der Waals surface area (Å²) >= 11 is 0. The third-order valence-electron chi connectivity index (χ3n) is 9.36. The topological polar surface area (TPSA) is 3.24 Å². The van der Waals surface area contributed by atoms with Gasteiger partial charge in [-0.1, -0.05) is 158 Å². The molecule has 7 aromatic rings. The van der Waals surface area contributed by atoms with E-state index >= 15 is 0 Å². The first-order valence-electron chi connectivity index (χ1n) is 15.6. The summed E-state index contributed by atoms with van der Waals surface area (Å²) in [5.41, 5.74) is 11.2.